The Hall–Kier alpha value is -2.88. The average Bonchev–Trinajstić information content (AvgIpc) is 3.02. The molecule has 2 N–H and O–H groups in total. The molecular formula is C16H13N3O. The lowest BCUT2D eigenvalue weighted by molar-refractivity contribution is 0.102. The number of aromatic amines is 1. The van der Waals surface area contributed by atoms with Crippen molar-refractivity contribution in [3.05, 3.63) is 72.6 Å². The molecule has 20 heavy (non-hydrogen) atoms. The van der Waals surface area contributed by atoms with E-state index in [1.807, 2.05) is 48.5 Å². The van der Waals surface area contributed by atoms with Crippen LogP contribution in [0.5, 0.6) is 0 Å². The number of imidazole rings is 1. The van der Waals surface area contributed by atoms with Gasteiger partial charge in [-0.25, -0.2) is 4.98 Å². The molecule has 0 saturated carbocycles. The van der Waals surface area contributed by atoms with Crippen molar-refractivity contribution in [1.29, 1.82) is 0 Å². The molecule has 0 saturated heterocycles. The van der Waals surface area contributed by atoms with Crippen molar-refractivity contribution >= 4 is 11.6 Å². The number of rotatable bonds is 3. The number of hydrogen-bond acceptors (Lipinski definition) is 2. The zero-order chi connectivity index (χ0) is 13.8. The number of benzene rings is 2. The second kappa shape index (κ2) is 5.40. The van der Waals surface area contributed by atoms with E-state index in [1.165, 1.54) is 0 Å². The van der Waals surface area contributed by atoms with Gasteiger partial charge in [-0.05, 0) is 18.2 Å². The van der Waals surface area contributed by atoms with E-state index >= 15 is 0 Å². The van der Waals surface area contributed by atoms with Crippen molar-refractivity contribution in [3.63, 3.8) is 0 Å². The summed E-state index contributed by atoms with van der Waals surface area (Å²) in [5, 5.41) is 2.88. The van der Waals surface area contributed by atoms with Crippen molar-refractivity contribution in [3.8, 4) is 11.4 Å². The highest BCUT2D eigenvalue weighted by Gasteiger charge is 2.13. The summed E-state index contributed by atoms with van der Waals surface area (Å²) in [7, 11) is 0. The predicted molar refractivity (Wildman–Crippen MR) is 78.4 cm³/mol. The maximum Gasteiger partial charge on any atom is 0.256 e. The van der Waals surface area contributed by atoms with Crippen molar-refractivity contribution in [2.24, 2.45) is 0 Å². The minimum Gasteiger partial charge on any atom is -0.345 e. The summed E-state index contributed by atoms with van der Waals surface area (Å²) in [6.45, 7) is 0. The Morgan fingerprint density at radius 1 is 1.00 bits per heavy atom. The van der Waals surface area contributed by atoms with E-state index in [4.69, 9.17) is 0 Å². The van der Waals surface area contributed by atoms with Gasteiger partial charge in [0.1, 0.15) is 5.82 Å². The van der Waals surface area contributed by atoms with Crippen LogP contribution in [0.25, 0.3) is 11.4 Å². The van der Waals surface area contributed by atoms with E-state index in [2.05, 4.69) is 15.3 Å². The zero-order valence-electron chi connectivity index (χ0n) is 10.7. The molecule has 0 atom stereocenters. The molecule has 3 rings (SSSR count). The molecule has 0 radical (unpaired) electrons. The Bertz CT molecular complexity index is 706. The monoisotopic (exact) mass is 263 g/mol. The molecule has 4 heteroatoms. The number of amides is 1. The lowest BCUT2D eigenvalue weighted by Gasteiger charge is -2.08. The summed E-state index contributed by atoms with van der Waals surface area (Å²) in [6.07, 6.45) is 3.41. The van der Waals surface area contributed by atoms with E-state index < -0.39 is 0 Å². The lowest BCUT2D eigenvalue weighted by atomic mass is 10.1. The first kappa shape index (κ1) is 12.2. The van der Waals surface area contributed by atoms with Crippen molar-refractivity contribution in [1.82, 2.24) is 9.97 Å². The van der Waals surface area contributed by atoms with Crippen LogP contribution >= 0.6 is 0 Å². The molecule has 1 aromatic heterocycles. The van der Waals surface area contributed by atoms with Crippen LogP contribution < -0.4 is 5.32 Å². The highest BCUT2D eigenvalue weighted by molar-refractivity contribution is 6.08. The first-order valence-corrected chi connectivity index (χ1v) is 6.30. The molecule has 1 heterocycles. The summed E-state index contributed by atoms with van der Waals surface area (Å²) >= 11 is 0. The van der Waals surface area contributed by atoms with Crippen LogP contribution in [0.4, 0.5) is 5.69 Å². The second-order valence-corrected chi connectivity index (χ2v) is 4.30. The molecule has 98 valence electrons. The first-order chi connectivity index (χ1) is 9.84. The standard InChI is InChI=1S/C16H13N3O/c20-16(19-12-6-2-1-3-7-12)14-9-5-4-8-13(14)15-17-10-11-18-15/h1-11H,(H,17,18)(H,19,20). The largest absolute Gasteiger partial charge is 0.345 e. The highest BCUT2D eigenvalue weighted by Crippen LogP contribution is 2.21. The van der Waals surface area contributed by atoms with E-state index in [0.29, 0.717) is 11.4 Å². The third kappa shape index (κ3) is 2.44. The maximum atomic E-state index is 12.4. The number of anilines is 1. The molecule has 1 amide bonds. The molecule has 0 aliphatic carbocycles. The van der Waals surface area contributed by atoms with Gasteiger partial charge in [-0.2, -0.15) is 0 Å². The quantitative estimate of drug-likeness (QED) is 0.761. The van der Waals surface area contributed by atoms with E-state index in [0.717, 1.165) is 11.3 Å². The Morgan fingerprint density at radius 3 is 2.50 bits per heavy atom. The molecule has 0 unspecified atom stereocenters. The fraction of sp³-hybridized carbons (Fsp3) is 0. The number of hydrogen-bond donors (Lipinski definition) is 2. The SMILES string of the molecule is O=C(Nc1ccccc1)c1ccccc1-c1ncc[nH]1. The second-order valence-electron chi connectivity index (χ2n) is 4.30. The van der Waals surface area contributed by atoms with Gasteiger partial charge in [0.05, 0.1) is 5.56 Å². The normalized spacial score (nSPS) is 10.2. The molecule has 0 bridgehead atoms. The molecule has 0 fully saturated rings. The van der Waals surface area contributed by atoms with Gasteiger partial charge < -0.3 is 10.3 Å². The minimum absolute atomic E-state index is 0.150. The fourth-order valence-electron chi connectivity index (χ4n) is 2.02. The minimum atomic E-state index is -0.150. The third-order valence-electron chi connectivity index (χ3n) is 2.96. The van der Waals surface area contributed by atoms with Crippen LogP contribution in [-0.2, 0) is 0 Å². The average molecular weight is 263 g/mol. The molecule has 4 nitrogen and oxygen atoms in total. The zero-order valence-corrected chi connectivity index (χ0v) is 10.7. The molecule has 0 aliphatic heterocycles. The maximum absolute atomic E-state index is 12.4. The first-order valence-electron chi connectivity index (χ1n) is 6.30. The molecule has 0 spiro atoms. The molecular weight excluding hydrogens is 250 g/mol. The summed E-state index contributed by atoms with van der Waals surface area (Å²) in [4.78, 5) is 19.6. The van der Waals surface area contributed by atoms with Gasteiger partial charge in [-0.15, -0.1) is 0 Å². The Labute approximate surface area is 116 Å². The smallest absolute Gasteiger partial charge is 0.256 e. The number of carbonyl (C=O) groups is 1. The lowest BCUT2D eigenvalue weighted by Crippen LogP contribution is -2.13. The molecule has 2 aromatic carbocycles. The van der Waals surface area contributed by atoms with Crippen LogP contribution in [0.3, 0.4) is 0 Å². The number of carbonyl (C=O) groups excluding carboxylic acids is 1. The summed E-state index contributed by atoms with van der Waals surface area (Å²) in [5.41, 5.74) is 2.14. The summed E-state index contributed by atoms with van der Waals surface area (Å²) < 4.78 is 0. The Kier molecular flexibility index (Phi) is 3.29. The van der Waals surface area contributed by atoms with Crippen LogP contribution in [0, 0.1) is 0 Å². The number of H-pyrrole nitrogens is 1. The van der Waals surface area contributed by atoms with Crippen LogP contribution in [0.1, 0.15) is 10.4 Å². The Morgan fingerprint density at radius 2 is 1.75 bits per heavy atom. The van der Waals surface area contributed by atoms with Gasteiger partial charge >= 0.3 is 0 Å². The summed E-state index contributed by atoms with van der Waals surface area (Å²) in [6, 6.07) is 16.8. The highest BCUT2D eigenvalue weighted by atomic mass is 16.1. The fourth-order valence-corrected chi connectivity index (χ4v) is 2.02. The van der Waals surface area contributed by atoms with Crippen molar-refractivity contribution in [2.45, 2.75) is 0 Å². The third-order valence-corrected chi connectivity index (χ3v) is 2.96. The van der Waals surface area contributed by atoms with Crippen molar-refractivity contribution in [2.75, 3.05) is 5.32 Å². The van der Waals surface area contributed by atoms with Gasteiger partial charge in [-0.1, -0.05) is 36.4 Å². The van der Waals surface area contributed by atoms with Crippen LogP contribution in [-0.4, -0.2) is 15.9 Å². The van der Waals surface area contributed by atoms with E-state index in [9.17, 15) is 4.79 Å². The topological polar surface area (TPSA) is 57.8 Å². The van der Waals surface area contributed by atoms with Gasteiger partial charge in [0.2, 0.25) is 0 Å². The number of para-hydroxylation sites is 1. The van der Waals surface area contributed by atoms with Crippen LogP contribution in [0.2, 0.25) is 0 Å². The number of nitrogens with zero attached hydrogens (tertiary/aromatic N) is 1. The van der Waals surface area contributed by atoms with Crippen LogP contribution in [0.15, 0.2) is 67.0 Å². The number of nitrogens with one attached hydrogen (secondary N) is 2. The van der Waals surface area contributed by atoms with Crippen molar-refractivity contribution < 1.29 is 4.79 Å². The van der Waals surface area contributed by atoms with Gasteiger partial charge in [0, 0.05) is 23.6 Å². The van der Waals surface area contributed by atoms with E-state index in [1.54, 1.807) is 18.5 Å². The van der Waals surface area contributed by atoms with Gasteiger partial charge in [-0.3, -0.25) is 4.79 Å². The van der Waals surface area contributed by atoms with Gasteiger partial charge in [0.15, 0.2) is 0 Å². The van der Waals surface area contributed by atoms with Gasteiger partial charge in [0.25, 0.3) is 5.91 Å². The van der Waals surface area contributed by atoms with E-state index in [-0.39, 0.29) is 5.91 Å². The molecule has 0 aliphatic rings. The predicted octanol–water partition coefficient (Wildman–Crippen LogP) is 3.33. The number of aromatic nitrogens is 2. The Balaban J connectivity index is 1.93. The summed E-state index contributed by atoms with van der Waals surface area (Å²) in [5.74, 6) is 0.534. The molecule has 3 aromatic rings.